The van der Waals surface area contributed by atoms with Gasteiger partial charge in [-0.25, -0.2) is 0 Å². The SMILES string of the molecule is CCOc1ccc(C(=O)CCBr)c(S)c1. The third-order valence-corrected chi connectivity index (χ3v) is 2.67. The van der Waals surface area contributed by atoms with Gasteiger partial charge in [0.2, 0.25) is 0 Å². The van der Waals surface area contributed by atoms with Gasteiger partial charge in [0.1, 0.15) is 5.75 Å². The Labute approximate surface area is 104 Å². The number of alkyl halides is 1. The van der Waals surface area contributed by atoms with Crippen molar-refractivity contribution in [3.05, 3.63) is 23.8 Å². The average Bonchev–Trinajstić information content (AvgIpc) is 2.18. The molecule has 0 amide bonds. The minimum atomic E-state index is 0.0972. The molecule has 0 atom stereocenters. The molecule has 0 heterocycles. The number of hydrogen-bond donors (Lipinski definition) is 1. The van der Waals surface area contributed by atoms with Crippen molar-refractivity contribution in [3.8, 4) is 5.75 Å². The number of carbonyl (C=O) groups is 1. The number of Topliss-reactive ketones (excluding diaryl/α,β-unsaturated/α-hetero) is 1. The van der Waals surface area contributed by atoms with Gasteiger partial charge in [-0.1, -0.05) is 15.9 Å². The Morgan fingerprint density at radius 3 is 2.80 bits per heavy atom. The van der Waals surface area contributed by atoms with E-state index < -0.39 is 0 Å². The predicted molar refractivity (Wildman–Crippen MR) is 67.6 cm³/mol. The quantitative estimate of drug-likeness (QED) is 0.511. The minimum Gasteiger partial charge on any atom is -0.494 e. The summed E-state index contributed by atoms with van der Waals surface area (Å²) in [6.07, 6.45) is 0.488. The first-order valence-corrected chi connectivity index (χ1v) is 6.31. The molecule has 0 saturated heterocycles. The Bertz CT molecular complexity index is 352. The Morgan fingerprint density at radius 2 is 2.27 bits per heavy atom. The fraction of sp³-hybridized carbons (Fsp3) is 0.364. The molecule has 4 heteroatoms. The fourth-order valence-corrected chi connectivity index (χ4v) is 1.91. The second-order valence-corrected chi connectivity index (χ2v) is 4.25. The summed E-state index contributed by atoms with van der Waals surface area (Å²) >= 11 is 7.52. The zero-order chi connectivity index (χ0) is 11.3. The standard InChI is InChI=1S/C11H13BrO2S/c1-2-14-8-3-4-9(11(15)7-8)10(13)5-6-12/h3-4,7,15H,2,5-6H2,1H3. The third kappa shape index (κ3) is 3.54. The molecule has 0 radical (unpaired) electrons. The van der Waals surface area contributed by atoms with Crippen molar-refractivity contribution in [2.24, 2.45) is 0 Å². The van der Waals surface area contributed by atoms with E-state index in [1.165, 1.54) is 0 Å². The first kappa shape index (κ1) is 12.6. The summed E-state index contributed by atoms with van der Waals surface area (Å²) in [6, 6.07) is 5.33. The van der Waals surface area contributed by atoms with E-state index in [9.17, 15) is 4.79 Å². The van der Waals surface area contributed by atoms with Crippen LogP contribution < -0.4 is 4.74 Å². The van der Waals surface area contributed by atoms with E-state index in [0.717, 1.165) is 5.75 Å². The van der Waals surface area contributed by atoms with Gasteiger partial charge >= 0.3 is 0 Å². The van der Waals surface area contributed by atoms with Crippen LogP contribution in [0.1, 0.15) is 23.7 Å². The largest absolute Gasteiger partial charge is 0.494 e. The molecule has 0 N–H and O–H groups in total. The van der Waals surface area contributed by atoms with E-state index in [2.05, 4.69) is 28.6 Å². The van der Waals surface area contributed by atoms with Crippen molar-refractivity contribution in [3.63, 3.8) is 0 Å². The molecule has 2 nitrogen and oxygen atoms in total. The molecule has 0 aromatic heterocycles. The lowest BCUT2D eigenvalue weighted by atomic mass is 10.1. The van der Waals surface area contributed by atoms with Crippen LogP contribution >= 0.6 is 28.6 Å². The summed E-state index contributed by atoms with van der Waals surface area (Å²) in [5.41, 5.74) is 0.654. The zero-order valence-electron chi connectivity index (χ0n) is 8.50. The second-order valence-electron chi connectivity index (χ2n) is 2.97. The van der Waals surface area contributed by atoms with E-state index in [-0.39, 0.29) is 5.78 Å². The lowest BCUT2D eigenvalue weighted by Crippen LogP contribution is -2.01. The highest BCUT2D eigenvalue weighted by Crippen LogP contribution is 2.22. The summed E-state index contributed by atoms with van der Waals surface area (Å²) in [5.74, 6) is 0.845. The van der Waals surface area contributed by atoms with E-state index in [0.29, 0.717) is 28.8 Å². The average molecular weight is 289 g/mol. The molecule has 82 valence electrons. The lowest BCUT2D eigenvalue weighted by Gasteiger charge is -2.07. The number of rotatable bonds is 5. The molecular formula is C11H13BrO2S. The Balaban J connectivity index is 2.87. The maximum absolute atomic E-state index is 11.6. The molecule has 0 fully saturated rings. The molecule has 1 aromatic rings. The normalized spacial score (nSPS) is 10.1. The van der Waals surface area contributed by atoms with Gasteiger partial charge in [0.05, 0.1) is 6.61 Å². The van der Waals surface area contributed by atoms with Crippen molar-refractivity contribution < 1.29 is 9.53 Å². The zero-order valence-corrected chi connectivity index (χ0v) is 11.0. The van der Waals surface area contributed by atoms with Crippen molar-refractivity contribution in [2.75, 3.05) is 11.9 Å². The summed E-state index contributed by atoms with van der Waals surface area (Å²) < 4.78 is 5.31. The van der Waals surface area contributed by atoms with E-state index in [1.54, 1.807) is 18.2 Å². The number of ketones is 1. The fourth-order valence-electron chi connectivity index (χ4n) is 1.22. The molecule has 0 saturated carbocycles. The maximum atomic E-state index is 11.6. The van der Waals surface area contributed by atoms with Crippen molar-refractivity contribution >= 4 is 34.3 Å². The van der Waals surface area contributed by atoms with Crippen LogP contribution in [-0.2, 0) is 0 Å². The van der Waals surface area contributed by atoms with Crippen LogP contribution in [0.25, 0.3) is 0 Å². The van der Waals surface area contributed by atoms with Crippen LogP contribution in [0, 0.1) is 0 Å². The second kappa shape index (κ2) is 6.18. The van der Waals surface area contributed by atoms with Gasteiger partial charge in [-0.05, 0) is 25.1 Å². The van der Waals surface area contributed by atoms with E-state index in [1.807, 2.05) is 6.92 Å². The summed E-state index contributed by atoms with van der Waals surface area (Å²) in [5, 5.41) is 0.673. The molecule has 1 aromatic carbocycles. The Morgan fingerprint density at radius 1 is 1.53 bits per heavy atom. The number of hydrogen-bond acceptors (Lipinski definition) is 3. The number of benzene rings is 1. The Hall–Kier alpha value is -0.480. The highest BCUT2D eigenvalue weighted by atomic mass is 79.9. The van der Waals surface area contributed by atoms with Crippen LogP contribution in [0.3, 0.4) is 0 Å². The smallest absolute Gasteiger partial charge is 0.164 e. The molecule has 0 bridgehead atoms. The number of halogens is 1. The topological polar surface area (TPSA) is 26.3 Å². The lowest BCUT2D eigenvalue weighted by molar-refractivity contribution is 0.0987. The van der Waals surface area contributed by atoms with E-state index >= 15 is 0 Å². The summed E-state index contributed by atoms with van der Waals surface area (Å²) in [4.78, 5) is 12.3. The van der Waals surface area contributed by atoms with Crippen LogP contribution in [0.5, 0.6) is 5.75 Å². The highest BCUT2D eigenvalue weighted by molar-refractivity contribution is 9.09. The van der Waals surface area contributed by atoms with Gasteiger partial charge in [-0.2, -0.15) is 0 Å². The van der Waals surface area contributed by atoms with Crippen LogP contribution in [0.15, 0.2) is 23.1 Å². The maximum Gasteiger partial charge on any atom is 0.164 e. The van der Waals surface area contributed by atoms with Gasteiger partial charge in [-0.15, -0.1) is 12.6 Å². The molecule has 0 spiro atoms. The molecule has 0 aliphatic heterocycles. The van der Waals surface area contributed by atoms with Gasteiger partial charge in [-0.3, -0.25) is 4.79 Å². The number of thiol groups is 1. The molecule has 0 unspecified atom stereocenters. The first-order chi connectivity index (χ1) is 7.19. The monoisotopic (exact) mass is 288 g/mol. The molecule has 1 rings (SSSR count). The summed E-state index contributed by atoms with van der Waals surface area (Å²) in [6.45, 7) is 2.53. The molecule has 0 aliphatic rings. The highest BCUT2D eigenvalue weighted by Gasteiger charge is 2.09. The van der Waals surface area contributed by atoms with Gasteiger partial charge in [0.25, 0.3) is 0 Å². The van der Waals surface area contributed by atoms with Crippen molar-refractivity contribution in [2.45, 2.75) is 18.2 Å². The van der Waals surface area contributed by atoms with Gasteiger partial charge in [0.15, 0.2) is 5.78 Å². The number of carbonyl (C=O) groups excluding carboxylic acids is 1. The molecular weight excluding hydrogens is 276 g/mol. The third-order valence-electron chi connectivity index (χ3n) is 1.90. The number of ether oxygens (including phenoxy) is 1. The van der Waals surface area contributed by atoms with Crippen LogP contribution in [-0.4, -0.2) is 17.7 Å². The van der Waals surface area contributed by atoms with Crippen LogP contribution in [0.2, 0.25) is 0 Å². The van der Waals surface area contributed by atoms with Crippen molar-refractivity contribution in [1.29, 1.82) is 0 Å². The first-order valence-electron chi connectivity index (χ1n) is 4.74. The molecule has 15 heavy (non-hydrogen) atoms. The van der Waals surface area contributed by atoms with Crippen LogP contribution in [0.4, 0.5) is 0 Å². The Kier molecular flexibility index (Phi) is 5.19. The van der Waals surface area contributed by atoms with Gasteiger partial charge < -0.3 is 4.74 Å². The minimum absolute atomic E-state index is 0.0972. The van der Waals surface area contributed by atoms with E-state index in [4.69, 9.17) is 4.74 Å². The summed E-state index contributed by atoms with van der Waals surface area (Å²) in [7, 11) is 0. The van der Waals surface area contributed by atoms with Gasteiger partial charge in [0, 0.05) is 22.2 Å². The predicted octanol–water partition coefficient (Wildman–Crippen LogP) is 3.34. The van der Waals surface area contributed by atoms with Crippen molar-refractivity contribution in [1.82, 2.24) is 0 Å². The molecule has 0 aliphatic carbocycles.